The minimum Gasteiger partial charge on any atom is -0.442 e. The van der Waals surface area contributed by atoms with Gasteiger partial charge in [0.05, 0.1) is 19.7 Å². The van der Waals surface area contributed by atoms with E-state index >= 15 is 0 Å². The van der Waals surface area contributed by atoms with E-state index < -0.39 is 12.2 Å². The lowest BCUT2D eigenvalue weighted by atomic mass is 10.1. The zero-order chi connectivity index (χ0) is 16.1. The van der Waals surface area contributed by atoms with Gasteiger partial charge in [0.15, 0.2) is 5.78 Å². The molecule has 6 nitrogen and oxygen atoms in total. The first-order valence-corrected chi connectivity index (χ1v) is 7.53. The molecular weight excluding hydrogens is 284 g/mol. The van der Waals surface area contributed by atoms with Crippen LogP contribution in [0, 0.1) is 0 Å². The molecular formula is C16H22N2O4. The summed E-state index contributed by atoms with van der Waals surface area (Å²) in [6.45, 7) is 5.98. The highest BCUT2D eigenvalue weighted by atomic mass is 16.6. The molecule has 1 atom stereocenters. The highest BCUT2D eigenvalue weighted by Gasteiger charge is 2.32. The van der Waals surface area contributed by atoms with Crippen molar-refractivity contribution in [1.29, 1.82) is 0 Å². The molecule has 0 saturated carbocycles. The average Bonchev–Trinajstić information content (AvgIpc) is 2.89. The quantitative estimate of drug-likeness (QED) is 0.774. The van der Waals surface area contributed by atoms with Crippen molar-refractivity contribution in [2.45, 2.75) is 20.0 Å². The molecule has 1 amide bonds. The van der Waals surface area contributed by atoms with Crippen molar-refractivity contribution in [3.63, 3.8) is 0 Å². The Kier molecular flexibility index (Phi) is 5.38. The SMILES string of the molecule is CCN(CC)c1ccc(C(=O)CN2CC(CO)OC2=O)cc1. The fourth-order valence-electron chi connectivity index (χ4n) is 2.51. The number of Topliss-reactive ketones (excluding diaryl/α,β-unsaturated/α-hetero) is 1. The van der Waals surface area contributed by atoms with Gasteiger partial charge in [0.2, 0.25) is 0 Å². The van der Waals surface area contributed by atoms with Crippen LogP contribution in [0.2, 0.25) is 0 Å². The summed E-state index contributed by atoms with van der Waals surface area (Å²) in [6, 6.07) is 7.39. The van der Waals surface area contributed by atoms with E-state index in [1.807, 2.05) is 12.1 Å². The molecule has 1 unspecified atom stereocenters. The van der Waals surface area contributed by atoms with Crippen LogP contribution in [0.15, 0.2) is 24.3 Å². The Balaban J connectivity index is 2.00. The normalized spacial score (nSPS) is 17.5. The highest BCUT2D eigenvalue weighted by molar-refractivity contribution is 5.99. The number of nitrogens with zero attached hydrogens (tertiary/aromatic N) is 2. The van der Waals surface area contributed by atoms with Gasteiger partial charge in [0.1, 0.15) is 6.10 Å². The first-order chi connectivity index (χ1) is 10.6. The molecule has 1 saturated heterocycles. The lowest BCUT2D eigenvalue weighted by Crippen LogP contribution is -2.31. The van der Waals surface area contributed by atoms with E-state index in [1.54, 1.807) is 12.1 Å². The Bertz CT molecular complexity index is 525. The number of benzene rings is 1. The Labute approximate surface area is 130 Å². The number of carbonyl (C=O) groups excluding carboxylic acids is 2. The van der Waals surface area contributed by atoms with Gasteiger partial charge >= 0.3 is 6.09 Å². The smallest absolute Gasteiger partial charge is 0.410 e. The number of aliphatic hydroxyl groups is 1. The maximum atomic E-state index is 12.2. The standard InChI is InChI=1S/C16H22N2O4/c1-3-17(4-2)13-7-5-12(6-8-13)15(20)10-18-9-14(11-19)22-16(18)21/h5-8,14,19H,3-4,9-11H2,1-2H3. The first kappa shape index (κ1) is 16.3. The van der Waals surface area contributed by atoms with Gasteiger partial charge in [-0.15, -0.1) is 0 Å². The van der Waals surface area contributed by atoms with Crippen LogP contribution in [0.4, 0.5) is 10.5 Å². The number of hydrogen-bond acceptors (Lipinski definition) is 5. The number of ether oxygens (including phenoxy) is 1. The topological polar surface area (TPSA) is 70.1 Å². The molecule has 1 aromatic rings. The predicted octanol–water partition coefficient (Wildman–Crippen LogP) is 1.53. The number of amides is 1. The summed E-state index contributed by atoms with van der Waals surface area (Å²) in [7, 11) is 0. The van der Waals surface area contributed by atoms with Gasteiger partial charge in [-0.3, -0.25) is 9.69 Å². The summed E-state index contributed by atoms with van der Waals surface area (Å²) in [5.41, 5.74) is 1.64. The van der Waals surface area contributed by atoms with Gasteiger partial charge in [0.25, 0.3) is 0 Å². The predicted molar refractivity (Wildman–Crippen MR) is 83.3 cm³/mol. The molecule has 1 fully saturated rings. The molecule has 1 aromatic carbocycles. The molecule has 6 heteroatoms. The maximum absolute atomic E-state index is 12.2. The van der Waals surface area contributed by atoms with Crippen LogP contribution < -0.4 is 4.90 Å². The summed E-state index contributed by atoms with van der Waals surface area (Å²) in [4.78, 5) is 27.3. The number of carbonyl (C=O) groups is 2. The Morgan fingerprint density at radius 1 is 1.32 bits per heavy atom. The maximum Gasteiger partial charge on any atom is 0.410 e. The third-order valence-corrected chi connectivity index (χ3v) is 3.81. The van der Waals surface area contributed by atoms with Crippen molar-refractivity contribution in [3.8, 4) is 0 Å². The summed E-state index contributed by atoms with van der Waals surface area (Å²) in [5.74, 6) is -0.137. The summed E-state index contributed by atoms with van der Waals surface area (Å²) in [5, 5.41) is 8.99. The molecule has 1 N–H and O–H groups in total. The number of cyclic esters (lactones) is 1. The second-order valence-electron chi connectivity index (χ2n) is 5.21. The number of aliphatic hydroxyl groups excluding tert-OH is 1. The van der Waals surface area contributed by atoms with Crippen molar-refractivity contribution in [2.24, 2.45) is 0 Å². The molecule has 2 rings (SSSR count). The molecule has 0 radical (unpaired) electrons. The van der Waals surface area contributed by atoms with Gasteiger partial charge < -0.3 is 14.7 Å². The van der Waals surface area contributed by atoms with Crippen molar-refractivity contribution in [3.05, 3.63) is 29.8 Å². The first-order valence-electron chi connectivity index (χ1n) is 7.53. The molecule has 0 bridgehead atoms. The second kappa shape index (κ2) is 7.26. The van der Waals surface area contributed by atoms with E-state index in [0.717, 1.165) is 18.8 Å². The van der Waals surface area contributed by atoms with Crippen molar-refractivity contribution < 1.29 is 19.4 Å². The summed E-state index contributed by atoms with van der Waals surface area (Å²) < 4.78 is 4.92. The zero-order valence-electron chi connectivity index (χ0n) is 13.0. The van der Waals surface area contributed by atoms with Gasteiger partial charge in [-0.05, 0) is 38.1 Å². The molecule has 0 spiro atoms. The molecule has 1 aliphatic heterocycles. The van der Waals surface area contributed by atoms with Crippen LogP contribution in [0.1, 0.15) is 24.2 Å². The monoisotopic (exact) mass is 306 g/mol. The minimum absolute atomic E-state index is 0.0278. The highest BCUT2D eigenvalue weighted by Crippen LogP contribution is 2.17. The second-order valence-corrected chi connectivity index (χ2v) is 5.21. The van der Waals surface area contributed by atoms with Gasteiger partial charge in [-0.1, -0.05) is 0 Å². The van der Waals surface area contributed by atoms with Gasteiger partial charge in [-0.25, -0.2) is 4.79 Å². The summed E-state index contributed by atoms with van der Waals surface area (Å²) >= 11 is 0. The van der Waals surface area contributed by atoms with Crippen molar-refractivity contribution in [2.75, 3.05) is 37.7 Å². The van der Waals surface area contributed by atoms with Crippen molar-refractivity contribution in [1.82, 2.24) is 4.90 Å². The van der Waals surface area contributed by atoms with Crippen LogP contribution in [-0.2, 0) is 4.74 Å². The van der Waals surface area contributed by atoms with E-state index in [4.69, 9.17) is 9.84 Å². The molecule has 120 valence electrons. The largest absolute Gasteiger partial charge is 0.442 e. The third-order valence-electron chi connectivity index (χ3n) is 3.81. The molecule has 22 heavy (non-hydrogen) atoms. The van der Waals surface area contributed by atoms with Crippen LogP contribution in [-0.4, -0.2) is 60.8 Å². The Hall–Kier alpha value is -2.08. The number of hydrogen-bond donors (Lipinski definition) is 1. The average molecular weight is 306 g/mol. The number of ketones is 1. The van der Waals surface area contributed by atoms with E-state index in [2.05, 4.69) is 18.7 Å². The van der Waals surface area contributed by atoms with Crippen LogP contribution in [0.5, 0.6) is 0 Å². The van der Waals surface area contributed by atoms with E-state index in [9.17, 15) is 9.59 Å². The van der Waals surface area contributed by atoms with E-state index in [0.29, 0.717) is 5.56 Å². The van der Waals surface area contributed by atoms with Gasteiger partial charge in [0, 0.05) is 24.3 Å². The zero-order valence-corrected chi connectivity index (χ0v) is 13.0. The Morgan fingerprint density at radius 2 is 1.95 bits per heavy atom. The number of rotatable bonds is 7. The van der Waals surface area contributed by atoms with Gasteiger partial charge in [-0.2, -0.15) is 0 Å². The van der Waals surface area contributed by atoms with E-state index in [1.165, 1.54) is 4.90 Å². The molecule has 1 heterocycles. The Morgan fingerprint density at radius 3 is 2.45 bits per heavy atom. The minimum atomic E-state index is -0.549. The van der Waals surface area contributed by atoms with Crippen molar-refractivity contribution >= 4 is 17.6 Å². The lowest BCUT2D eigenvalue weighted by molar-refractivity contribution is 0.0910. The fraction of sp³-hybridized carbons (Fsp3) is 0.500. The fourth-order valence-corrected chi connectivity index (χ4v) is 2.51. The molecule has 0 aromatic heterocycles. The third kappa shape index (κ3) is 3.57. The molecule has 0 aliphatic carbocycles. The van der Waals surface area contributed by atoms with Crippen LogP contribution >= 0.6 is 0 Å². The molecule has 1 aliphatic rings. The lowest BCUT2D eigenvalue weighted by Gasteiger charge is -2.21. The summed E-state index contributed by atoms with van der Waals surface area (Å²) in [6.07, 6.45) is -1.09. The van der Waals surface area contributed by atoms with Crippen LogP contribution in [0.3, 0.4) is 0 Å². The van der Waals surface area contributed by atoms with Crippen LogP contribution in [0.25, 0.3) is 0 Å². The number of anilines is 1. The van der Waals surface area contributed by atoms with E-state index in [-0.39, 0.29) is 25.5 Å².